The quantitative estimate of drug-likeness (QED) is 0.713. The molecule has 1 aromatic rings. The molecule has 0 aliphatic carbocycles. The van der Waals surface area contributed by atoms with Crippen molar-refractivity contribution >= 4 is 5.91 Å². The first-order valence-corrected chi connectivity index (χ1v) is 6.31. The molecular formula is C14H21N3O. The molecule has 0 aromatic carbocycles. The van der Waals surface area contributed by atoms with Crippen LogP contribution in [0.4, 0.5) is 0 Å². The van der Waals surface area contributed by atoms with Crippen LogP contribution in [0.25, 0.3) is 0 Å². The third-order valence-corrected chi connectivity index (χ3v) is 3.22. The van der Waals surface area contributed by atoms with Crippen LogP contribution < -0.4 is 0 Å². The molecule has 1 amide bonds. The van der Waals surface area contributed by atoms with Crippen LogP contribution in [0.5, 0.6) is 0 Å². The van der Waals surface area contributed by atoms with E-state index in [1.54, 1.807) is 6.92 Å². The molecule has 2 rings (SSSR count). The summed E-state index contributed by atoms with van der Waals surface area (Å²) in [6.07, 6.45) is 2.75. The molecule has 0 radical (unpaired) electrons. The summed E-state index contributed by atoms with van der Waals surface area (Å²) >= 11 is 0. The predicted octanol–water partition coefficient (Wildman–Crippen LogP) is 2.10. The molecule has 0 fully saturated rings. The number of hydrogen-bond donors (Lipinski definition) is 0. The Morgan fingerprint density at radius 2 is 2.11 bits per heavy atom. The van der Waals surface area contributed by atoms with Gasteiger partial charge < -0.3 is 4.90 Å². The van der Waals surface area contributed by atoms with Gasteiger partial charge in [-0.15, -0.1) is 0 Å². The van der Waals surface area contributed by atoms with Crippen LogP contribution in [0.15, 0.2) is 18.3 Å². The van der Waals surface area contributed by atoms with E-state index < -0.39 is 0 Å². The van der Waals surface area contributed by atoms with E-state index >= 15 is 0 Å². The van der Waals surface area contributed by atoms with Crippen LogP contribution in [0, 0.1) is 0 Å². The van der Waals surface area contributed by atoms with Gasteiger partial charge in [-0.1, -0.05) is 6.58 Å². The second kappa shape index (κ2) is 4.26. The van der Waals surface area contributed by atoms with Gasteiger partial charge in [-0.25, -0.2) is 0 Å². The Hall–Kier alpha value is -1.58. The minimum absolute atomic E-state index is 0.00584. The lowest BCUT2D eigenvalue weighted by Crippen LogP contribution is -2.37. The van der Waals surface area contributed by atoms with Crippen molar-refractivity contribution in [3.8, 4) is 0 Å². The summed E-state index contributed by atoms with van der Waals surface area (Å²) in [5.41, 5.74) is 3.01. The van der Waals surface area contributed by atoms with E-state index in [0.29, 0.717) is 12.1 Å². The summed E-state index contributed by atoms with van der Waals surface area (Å²) in [5, 5.41) is 4.46. The van der Waals surface area contributed by atoms with E-state index in [-0.39, 0.29) is 11.4 Å². The second-order valence-electron chi connectivity index (χ2n) is 5.96. The van der Waals surface area contributed by atoms with E-state index in [0.717, 1.165) is 18.5 Å². The Balaban J connectivity index is 2.25. The molecule has 0 bridgehead atoms. The van der Waals surface area contributed by atoms with Crippen LogP contribution in [0.3, 0.4) is 0 Å². The van der Waals surface area contributed by atoms with Gasteiger partial charge in [0.1, 0.15) is 0 Å². The first-order chi connectivity index (χ1) is 8.30. The first-order valence-electron chi connectivity index (χ1n) is 6.31. The van der Waals surface area contributed by atoms with Crippen LogP contribution in [0.1, 0.15) is 39.0 Å². The van der Waals surface area contributed by atoms with Crippen molar-refractivity contribution in [2.24, 2.45) is 0 Å². The molecule has 98 valence electrons. The lowest BCUT2D eigenvalue weighted by molar-refractivity contribution is -0.127. The highest BCUT2D eigenvalue weighted by atomic mass is 16.2. The van der Waals surface area contributed by atoms with Crippen molar-refractivity contribution in [2.45, 2.75) is 46.2 Å². The summed E-state index contributed by atoms with van der Waals surface area (Å²) in [5.74, 6) is 0.0455. The summed E-state index contributed by atoms with van der Waals surface area (Å²) in [4.78, 5) is 13.8. The molecule has 1 aliphatic heterocycles. The van der Waals surface area contributed by atoms with Gasteiger partial charge >= 0.3 is 0 Å². The molecule has 0 spiro atoms. The molecule has 0 saturated carbocycles. The van der Waals surface area contributed by atoms with Gasteiger partial charge in [0, 0.05) is 36.3 Å². The number of rotatable bonds is 1. The molecule has 0 atom stereocenters. The van der Waals surface area contributed by atoms with Crippen LogP contribution >= 0.6 is 0 Å². The SMILES string of the molecule is C=C(C)C(=O)N1CCc2c(cnn2C(C)(C)C)C1. The zero-order valence-electron chi connectivity index (χ0n) is 11.7. The van der Waals surface area contributed by atoms with E-state index in [1.807, 2.05) is 11.1 Å². The highest BCUT2D eigenvalue weighted by Gasteiger charge is 2.27. The Morgan fingerprint density at radius 1 is 1.44 bits per heavy atom. The summed E-state index contributed by atoms with van der Waals surface area (Å²) in [6, 6.07) is 0. The predicted molar refractivity (Wildman–Crippen MR) is 71.2 cm³/mol. The fourth-order valence-corrected chi connectivity index (χ4v) is 2.35. The normalized spacial score (nSPS) is 15.4. The van der Waals surface area contributed by atoms with Gasteiger partial charge in [0.2, 0.25) is 5.91 Å². The zero-order chi connectivity index (χ0) is 13.5. The maximum atomic E-state index is 11.9. The molecule has 1 aromatic heterocycles. The van der Waals surface area contributed by atoms with Gasteiger partial charge in [0.05, 0.1) is 11.7 Å². The molecule has 4 heteroatoms. The fourth-order valence-electron chi connectivity index (χ4n) is 2.35. The van der Waals surface area contributed by atoms with Crippen LogP contribution in [-0.4, -0.2) is 27.1 Å². The second-order valence-corrected chi connectivity index (χ2v) is 5.96. The average Bonchev–Trinajstić information content (AvgIpc) is 2.69. The van der Waals surface area contributed by atoms with E-state index in [4.69, 9.17) is 0 Å². The van der Waals surface area contributed by atoms with Crippen molar-refractivity contribution in [1.29, 1.82) is 0 Å². The highest BCUT2D eigenvalue weighted by molar-refractivity contribution is 5.92. The summed E-state index contributed by atoms with van der Waals surface area (Å²) < 4.78 is 2.07. The molecular weight excluding hydrogens is 226 g/mol. The van der Waals surface area contributed by atoms with Crippen LogP contribution in [0.2, 0.25) is 0 Å². The molecule has 0 saturated heterocycles. The van der Waals surface area contributed by atoms with Crippen molar-refractivity contribution in [1.82, 2.24) is 14.7 Å². The molecule has 1 aliphatic rings. The van der Waals surface area contributed by atoms with E-state index in [9.17, 15) is 4.79 Å². The Morgan fingerprint density at radius 3 is 2.67 bits per heavy atom. The lowest BCUT2D eigenvalue weighted by atomic mass is 10.0. The third kappa shape index (κ3) is 2.19. The Kier molecular flexibility index (Phi) is 3.05. The van der Waals surface area contributed by atoms with Crippen molar-refractivity contribution in [3.63, 3.8) is 0 Å². The third-order valence-electron chi connectivity index (χ3n) is 3.22. The fraction of sp³-hybridized carbons (Fsp3) is 0.571. The lowest BCUT2D eigenvalue weighted by Gasteiger charge is -2.30. The van der Waals surface area contributed by atoms with Crippen molar-refractivity contribution in [3.05, 3.63) is 29.6 Å². The molecule has 0 unspecified atom stereocenters. The van der Waals surface area contributed by atoms with Crippen molar-refractivity contribution < 1.29 is 4.79 Å². The van der Waals surface area contributed by atoms with E-state index in [2.05, 4.69) is 37.1 Å². The summed E-state index contributed by atoms with van der Waals surface area (Å²) in [7, 11) is 0. The Bertz CT molecular complexity index is 494. The van der Waals surface area contributed by atoms with Crippen molar-refractivity contribution in [2.75, 3.05) is 6.54 Å². The number of carbonyl (C=O) groups excluding carboxylic acids is 1. The topological polar surface area (TPSA) is 38.1 Å². The standard InChI is InChI=1S/C14H21N3O/c1-10(2)13(18)16-7-6-12-11(9-16)8-15-17(12)14(3,4)5/h8H,1,6-7,9H2,2-5H3. The monoisotopic (exact) mass is 247 g/mol. The Labute approximate surface area is 108 Å². The minimum atomic E-state index is -0.00584. The number of hydrogen-bond acceptors (Lipinski definition) is 2. The molecule has 4 nitrogen and oxygen atoms in total. The first kappa shape index (κ1) is 12.9. The summed E-state index contributed by atoms with van der Waals surface area (Å²) in [6.45, 7) is 13.3. The minimum Gasteiger partial charge on any atom is -0.334 e. The number of aromatic nitrogens is 2. The number of carbonyl (C=O) groups is 1. The smallest absolute Gasteiger partial charge is 0.249 e. The largest absolute Gasteiger partial charge is 0.334 e. The van der Waals surface area contributed by atoms with Gasteiger partial charge in [-0.3, -0.25) is 9.48 Å². The van der Waals surface area contributed by atoms with Gasteiger partial charge in [0.15, 0.2) is 0 Å². The van der Waals surface area contributed by atoms with Crippen LogP contribution in [-0.2, 0) is 23.3 Å². The number of amides is 1. The van der Waals surface area contributed by atoms with E-state index in [1.165, 1.54) is 5.69 Å². The molecule has 2 heterocycles. The van der Waals surface area contributed by atoms with Gasteiger partial charge in [-0.2, -0.15) is 5.10 Å². The van der Waals surface area contributed by atoms with Gasteiger partial charge in [0.25, 0.3) is 0 Å². The maximum absolute atomic E-state index is 11.9. The number of fused-ring (bicyclic) bond motifs is 1. The maximum Gasteiger partial charge on any atom is 0.249 e. The molecule has 18 heavy (non-hydrogen) atoms. The zero-order valence-corrected chi connectivity index (χ0v) is 11.7. The molecule has 0 N–H and O–H groups in total. The van der Waals surface area contributed by atoms with Gasteiger partial charge in [-0.05, 0) is 27.7 Å². The average molecular weight is 247 g/mol. The highest BCUT2D eigenvalue weighted by Crippen LogP contribution is 2.24. The number of nitrogens with zero attached hydrogens (tertiary/aromatic N) is 3.